The van der Waals surface area contributed by atoms with Crippen molar-refractivity contribution < 1.29 is 4.79 Å². The van der Waals surface area contributed by atoms with E-state index < -0.39 is 0 Å². The van der Waals surface area contributed by atoms with E-state index >= 15 is 0 Å². The number of rotatable bonds is 4. The summed E-state index contributed by atoms with van der Waals surface area (Å²) in [6.07, 6.45) is 3.45. The lowest BCUT2D eigenvalue weighted by molar-refractivity contribution is -0.111. The van der Waals surface area contributed by atoms with E-state index in [2.05, 4.69) is 6.92 Å². The van der Waals surface area contributed by atoms with Crippen LogP contribution in [0.3, 0.4) is 0 Å². The van der Waals surface area contributed by atoms with Crippen LogP contribution in [0.4, 0.5) is 0 Å². The lowest BCUT2D eigenvalue weighted by atomic mass is 9.97. The molecule has 0 N–H and O–H groups in total. The highest BCUT2D eigenvalue weighted by Crippen LogP contribution is 2.10. The molecule has 0 rings (SSSR count). The van der Waals surface area contributed by atoms with Gasteiger partial charge >= 0.3 is 0 Å². The average Bonchev–Trinajstić information content (AvgIpc) is 1.83. The molecule has 0 aliphatic rings. The number of hydrogen-bond donors (Lipinski definition) is 0. The first kappa shape index (κ1) is 9.08. The third-order valence-electron chi connectivity index (χ3n) is 1.20. The zero-order valence-corrected chi connectivity index (χ0v) is 6.70. The summed E-state index contributed by atoms with van der Waals surface area (Å²) >= 11 is 1.76. The van der Waals surface area contributed by atoms with Crippen molar-refractivity contribution in [3.8, 4) is 0 Å². The molecule has 0 saturated carbocycles. The molecule has 0 aliphatic carbocycles. The maximum Gasteiger partial charge on any atom is 0.167 e. The highest BCUT2D eigenvalue weighted by Gasteiger charge is 1.99. The van der Waals surface area contributed by atoms with E-state index in [0.717, 1.165) is 6.42 Å². The van der Waals surface area contributed by atoms with Crippen LogP contribution in [-0.4, -0.2) is 25.0 Å². The predicted molar refractivity (Wildman–Crippen MR) is 43.0 cm³/mol. The Hall–Kier alpha value is 0.0849. The van der Waals surface area contributed by atoms with Gasteiger partial charge in [0.25, 0.3) is 0 Å². The summed E-state index contributed by atoms with van der Waals surface area (Å²) in [5, 5.41) is 0.553. The van der Waals surface area contributed by atoms with Crippen molar-refractivity contribution in [3.63, 3.8) is 0 Å². The molecular formula is C6H11BOS. The van der Waals surface area contributed by atoms with Crippen LogP contribution in [0, 0.1) is 0 Å². The summed E-state index contributed by atoms with van der Waals surface area (Å²) in [5.74, 6) is 0. The van der Waals surface area contributed by atoms with Gasteiger partial charge in [-0.15, -0.1) is 0 Å². The summed E-state index contributed by atoms with van der Waals surface area (Å²) in [6, 6.07) is 0. The van der Waals surface area contributed by atoms with Crippen LogP contribution in [0.25, 0.3) is 0 Å². The number of carbonyl (C=O) groups is 1. The highest BCUT2D eigenvalue weighted by atomic mass is 32.2. The fourth-order valence-corrected chi connectivity index (χ4v) is 0.817. The standard InChI is InChI=1S/C6H11BOS/c1-5(9-2)3-4-6(7)8/h5H,3-4H2,1-2H3. The molecule has 1 atom stereocenters. The maximum atomic E-state index is 10.2. The van der Waals surface area contributed by atoms with Crippen LogP contribution in [-0.2, 0) is 4.79 Å². The van der Waals surface area contributed by atoms with Crippen LogP contribution < -0.4 is 0 Å². The molecule has 0 aromatic carbocycles. The Kier molecular flexibility index (Phi) is 4.96. The molecule has 0 heterocycles. The monoisotopic (exact) mass is 142 g/mol. The summed E-state index contributed by atoms with van der Waals surface area (Å²) in [7, 11) is 4.95. The Morgan fingerprint density at radius 3 is 2.67 bits per heavy atom. The first-order chi connectivity index (χ1) is 4.16. The van der Waals surface area contributed by atoms with Gasteiger partial charge in [0.1, 0.15) is 0 Å². The van der Waals surface area contributed by atoms with E-state index in [-0.39, 0.29) is 5.68 Å². The smallest absolute Gasteiger partial charge is 0.167 e. The number of hydrogen-bond acceptors (Lipinski definition) is 2. The topological polar surface area (TPSA) is 17.1 Å². The molecule has 0 aromatic heterocycles. The Balaban J connectivity index is 3.16. The highest BCUT2D eigenvalue weighted by molar-refractivity contribution is 7.99. The molecule has 0 bridgehead atoms. The third kappa shape index (κ3) is 5.96. The average molecular weight is 142 g/mol. The summed E-state index contributed by atoms with van der Waals surface area (Å²) in [4.78, 5) is 10.2. The Labute approximate surface area is 62.0 Å². The van der Waals surface area contributed by atoms with Crippen molar-refractivity contribution in [2.24, 2.45) is 0 Å². The maximum absolute atomic E-state index is 10.2. The SMILES string of the molecule is [B]C(=O)CCC(C)SC. The molecular weight excluding hydrogens is 131 g/mol. The molecule has 1 unspecified atom stereocenters. The summed E-state index contributed by atoms with van der Waals surface area (Å²) in [6.45, 7) is 2.09. The van der Waals surface area contributed by atoms with Crippen molar-refractivity contribution in [3.05, 3.63) is 0 Å². The van der Waals surface area contributed by atoms with E-state index in [9.17, 15) is 4.79 Å². The van der Waals surface area contributed by atoms with E-state index in [4.69, 9.17) is 7.85 Å². The van der Waals surface area contributed by atoms with Gasteiger partial charge in [-0.05, 0) is 19.1 Å². The van der Waals surface area contributed by atoms with Gasteiger partial charge in [0.05, 0.1) is 5.68 Å². The lowest BCUT2D eigenvalue weighted by Crippen LogP contribution is -2.01. The van der Waals surface area contributed by atoms with Crippen molar-refractivity contribution in [1.29, 1.82) is 0 Å². The molecule has 1 nitrogen and oxygen atoms in total. The van der Waals surface area contributed by atoms with Gasteiger partial charge in [0.2, 0.25) is 0 Å². The predicted octanol–water partition coefficient (Wildman–Crippen LogP) is 1.21. The molecule has 50 valence electrons. The first-order valence-electron chi connectivity index (χ1n) is 2.98. The minimum atomic E-state index is -0.198. The van der Waals surface area contributed by atoms with E-state index in [0.29, 0.717) is 11.7 Å². The Morgan fingerprint density at radius 2 is 2.33 bits per heavy atom. The molecule has 9 heavy (non-hydrogen) atoms. The molecule has 0 amide bonds. The summed E-state index contributed by atoms with van der Waals surface area (Å²) < 4.78 is 0. The number of thioether (sulfide) groups is 1. The fraction of sp³-hybridized carbons (Fsp3) is 0.833. The third-order valence-corrected chi connectivity index (χ3v) is 2.24. The van der Waals surface area contributed by atoms with Crippen LogP contribution in [0.15, 0.2) is 0 Å². The zero-order valence-electron chi connectivity index (χ0n) is 5.89. The van der Waals surface area contributed by atoms with Crippen molar-refractivity contribution in [2.75, 3.05) is 6.26 Å². The Morgan fingerprint density at radius 1 is 1.78 bits per heavy atom. The van der Waals surface area contributed by atoms with Gasteiger partial charge in [-0.1, -0.05) is 6.92 Å². The minimum Gasteiger partial charge on any atom is -0.313 e. The molecule has 3 heteroatoms. The molecule has 0 aliphatic heterocycles. The second-order valence-corrected chi connectivity index (χ2v) is 3.33. The van der Waals surface area contributed by atoms with Crippen molar-refractivity contribution in [2.45, 2.75) is 25.0 Å². The van der Waals surface area contributed by atoms with Gasteiger partial charge in [-0.25, -0.2) is 0 Å². The quantitative estimate of drug-likeness (QED) is 0.549. The Bertz CT molecular complexity index is 95.1. The van der Waals surface area contributed by atoms with Crippen molar-refractivity contribution in [1.82, 2.24) is 0 Å². The van der Waals surface area contributed by atoms with E-state index in [1.165, 1.54) is 0 Å². The molecule has 2 radical (unpaired) electrons. The van der Waals surface area contributed by atoms with Crippen LogP contribution in [0.2, 0.25) is 0 Å². The van der Waals surface area contributed by atoms with Gasteiger partial charge in [0.15, 0.2) is 7.85 Å². The minimum absolute atomic E-state index is 0.198. The van der Waals surface area contributed by atoms with E-state index in [1.807, 2.05) is 6.26 Å². The molecule has 0 aromatic rings. The molecule has 0 fully saturated rings. The fourth-order valence-electron chi connectivity index (χ4n) is 0.463. The molecule has 0 spiro atoms. The van der Waals surface area contributed by atoms with Crippen LogP contribution in [0.1, 0.15) is 19.8 Å². The molecule has 0 saturated heterocycles. The van der Waals surface area contributed by atoms with E-state index in [1.54, 1.807) is 11.8 Å². The van der Waals surface area contributed by atoms with Crippen LogP contribution in [0.5, 0.6) is 0 Å². The van der Waals surface area contributed by atoms with Gasteiger partial charge in [0, 0.05) is 5.25 Å². The zero-order chi connectivity index (χ0) is 7.28. The van der Waals surface area contributed by atoms with Gasteiger partial charge in [-0.3, -0.25) is 0 Å². The second kappa shape index (κ2) is 4.92. The van der Waals surface area contributed by atoms with Gasteiger partial charge < -0.3 is 4.79 Å². The number of carbonyl (C=O) groups excluding carboxylic acids is 1. The lowest BCUT2D eigenvalue weighted by Gasteiger charge is -2.04. The first-order valence-corrected chi connectivity index (χ1v) is 4.26. The van der Waals surface area contributed by atoms with Crippen LogP contribution >= 0.6 is 11.8 Å². The largest absolute Gasteiger partial charge is 0.313 e. The van der Waals surface area contributed by atoms with Gasteiger partial charge in [-0.2, -0.15) is 11.8 Å². The normalized spacial score (nSPS) is 13.1. The second-order valence-electron chi connectivity index (χ2n) is 2.05. The van der Waals surface area contributed by atoms with Crippen molar-refractivity contribution >= 4 is 25.3 Å². The summed E-state index contributed by atoms with van der Waals surface area (Å²) in [5.41, 5.74) is -0.198.